The van der Waals surface area contributed by atoms with Crippen LogP contribution in [0.4, 0.5) is 13.2 Å². The van der Waals surface area contributed by atoms with Crippen LogP contribution in [0.25, 0.3) is 0 Å². The van der Waals surface area contributed by atoms with Gasteiger partial charge in [-0.1, -0.05) is 11.3 Å². The third-order valence-electron chi connectivity index (χ3n) is 6.78. The number of carbonyl (C=O) groups excluding carboxylic acids is 1. The monoisotopic (exact) mass is 514 g/mol. The predicted molar refractivity (Wildman–Crippen MR) is 125 cm³/mol. The summed E-state index contributed by atoms with van der Waals surface area (Å²) in [5.74, 6) is 2.01. The lowest BCUT2D eigenvalue weighted by atomic mass is 9.84. The highest BCUT2D eigenvalue weighted by Gasteiger charge is 2.30. The van der Waals surface area contributed by atoms with E-state index in [9.17, 15) is 18.0 Å². The second kappa shape index (κ2) is 11.2. The molecule has 4 rings (SSSR count). The average molecular weight is 515 g/mol. The Hall–Kier alpha value is -2.21. The summed E-state index contributed by atoms with van der Waals surface area (Å²) in [5.41, 5.74) is 0.877. The van der Waals surface area contributed by atoms with Crippen LogP contribution in [0.3, 0.4) is 0 Å². The highest BCUT2D eigenvalue weighted by molar-refractivity contribution is 7.13. The highest BCUT2D eigenvalue weighted by atomic mass is 32.1. The molecular formula is C23H33F3N6O2S. The van der Waals surface area contributed by atoms with Gasteiger partial charge >= 0.3 is 6.18 Å². The molecule has 2 aromatic rings. The van der Waals surface area contributed by atoms with Crippen molar-refractivity contribution >= 4 is 17.2 Å². The van der Waals surface area contributed by atoms with Gasteiger partial charge < -0.3 is 15.0 Å². The molecule has 1 amide bonds. The molecule has 194 valence electrons. The molecule has 3 heterocycles. The smallest absolute Gasteiger partial charge is 0.422 e. The number of rotatable bonds is 8. The quantitative estimate of drug-likeness (QED) is 0.582. The van der Waals surface area contributed by atoms with E-state index >= 15 is 0 Å². The van der Waals surface area contributed by atoms with Crippen molar-refractivity contribution in [3.63, 3.8) is 0 Å². The van der Waals surface area contributed by atoms with E-state index in [4.69, 9.17) is 4.74 Å². The van der Waals surface area contributed by atoms with Crippen molar-refractivity contribution in [3.05, 3.63) is 22.2 Å². The fourth-order valence-electron chi connectivity index (χ4n) is 4.91. The number of ether oxygens (including phenoxy) is 1. The second-order valence-corrected chi connectivity index (χ2v) is 10.6. The number of nitrogens with one attached hydrogen (secondary N) is 1. The maximum absolute atomic E-state index is 12.4. The fraction of sp³-hybridized carbons (Fsp3) is 0.739. The van der Waals surface area contributed by atoms with Crippen molar-refractivity contribution in [3.8, 4) is 5.19 Å². The Balaban J connectivity index is 1.14. The molecule has 8 nitrogen and oxygen atoms in total. The molecule has 1 aliphatic heterocycles. The van der Waals surface area contributed by atoms with Crippen LogP contribution in [0.5, 0.6) is 5.19 Å². The van der Waals surface area contributed by atoms with Gasteiger partial charge in [0.1, 0.15) is 11.6 Å². The Kier molecular flexibility index (Phi) is 8.31. The van der Waals surface area contributed by atoms with Gasteiger partial charge in [-0.05, 0) is 57.9 Å². The number of fused-ring (bicyclic) bond motifs is 1. The molecule has 1 saturated carbocycles. The van der Waals surface area contributed by atoms with Crippen molar-refractivity contribution in [2.75, 3.05) is 26.2 Å². The van der Waals surface area contributed by atoms with Crippen LogP contribution in [0, 0.1) is 12.8 Å². The van der Waals surface area contributed by atoms with Crippen LogP contribution in [-0.4, -0.2) is 69.0 Å². The van der Waals surface area contributed by atoms with Gasteiger partial charge in [-0.25, -0.2) is 9.97 Å². The van der Waals surface area contributed by atoms with Gasteiger partial charge in [0.2, 0.25) is 5.91 Å². The summed E-state index contributed by atoms with van der Waals surface area (Å²) >= 11 is 1.24. The molecule has 0 aromatic carbocycles. The van der Waals surface area contributed by atoms with E-state index in [-0.39, 0.29) is 23.6 Å². The standard InChI is InChI=1S/C23H33F3N6O2S/c1-15-27-20(31(2)30-15)13-21(33)28-17-5-3-16(4-6-17)7-10-32-11-8-18-19(9-12-32)35-22(29-18)34-14-23(24,25)26/h16-17H,3-14H2,1-2H3,(H,28,33)/t16-,17-. The van der Waals surface area contributed by atoms with E-state index in [2.05, 4.69) is 25.3 Å². The highest BCUT2D eigenvalue weighted by Crippen LogP contribution is 2.31. The first-order chi connectivity index (χ1) is 16.6. The van der Waals surface area contributed by atoms with Crippen LogP contribution in [0.1, 0.15) is 54.3 Å². The second-order valence-electron chi connectivity index (χ2n) is 9.54. The normalized spacial score (nSPS) is 21.4. The number of hydrogen-bond acceptors (Lipinski definition) is 7. The van der Waals surface area contributed by atoms with Gasteiger partial charge in [-0.3, -0.25) is 9.48 Å². The first-order valence-corrected chi connectivity index (χ1v) is 13.0. The molecule has 2 aliphatic rings. The molecule has 0 saturated heterocycles. The number of alkyl halides is 3. The van der Waals surface area contributed by atoms with Gasteiger partial charge in [0, 0.05) is 37.5 Å². The molecule has 2 aromatic heterocycles. The topological polar surface area (TPSA) is 85.2 Å². The fourth-order valence-corrected chi connectivity index (χ4v) is 5.85. The lowest BCUT2D eigenvalue weighted by molar-refractivity contribution is -0.153. The molecular weight excluding hydrogens is 481 g/mol. The van der Waals surface area contributed by atoms with E-state index in [1.165, 1.54) is 11.3 Å². The zero-order valence-corrected chi connectivity index (χ0v) is 21.1. The van der Waals surface area contributed by atoms with Crippen molar-refractivity contribution in [1.82, 2.24) is 30.0 Å². The number of amides is 1. The molecule has 0 bridgehead atoms. The van der Waals surface area contributed by atoms with E-state index in [0.717, 1.165) is 75.2 Å². The molecule has 35 heavy (non-hydrogen) atoms. The Bertz CT molecular complexity index is 975. The van der Waals surface area contributed by atoms with Crippen molar-refractivity contribution in [2.24, 2.45) is 13.0 Å². The SMILES string of the molecule is Cc1nc(CC(=O)N[C@H]2CC[C@H](CCN3CCc4nc(OCC(F)(F)F)sc4CC3)CC2)n(C)n1. The van der Waals surface area contributed by atoms with Crippen LogP contribution in [0.2, 0.25) is 0 Å². The number of halogens is 3. The van der Waals surface area contributed by atoms with Gasteiger partial charge in [0.25, 0.3) is 5.19 Å². The van der Waals surface area contributed by atoms with E-state index in [1.54, 1.807) is 11.7 Å². The maximum Gasteiger partial charge on any atom is 0.422 e. The summed E-state index contributed by atoms with van der Waals surface area (Å²) in [7, 11) is 1.80. The zero-order valence-electron chi connectivity index (χ0n) is 20.2. The third-order valence-corrected chi connectivity index (χ3v) is 7.85. The van der Waals surface area contributed by atoms with Crippen LogP contribution >= 0.6 is 11.3 Å². The summed E-state index contributed by atoms with van der Waals surface area (Å²) in [4.78, 5) is 24.5. The van der Waals surface area contributed by atoms with E-state index in [0.29, 0.717) is 17.6 Å². The van der Waals surface area contributed by atoms with Gasteiger partial charge in [-0.15, -0.1) is 0 Å². The summed E-state index contributed by atoms with van der Waals surface area (Å²) in [6.07, 6.45) is 2.78. The number of thiazole rings is 1. The van der Waals surface area contributed by atoms with Gasteiger partial charge in [-0.2, -0.15) is 18.3 Å². The Labute approximate surface area is 207 Å². The first kappa shape index (κ1) is 25.9. The number of nitrogens with zero attached hydrogens (tertiary/aromatic N) is 5. The predicted octanol–water partition coefficient (Wildman–Crippen LogP) is 3.23. The summed E-state index contributed by atoms with van der Waals surface area (Å²) < 4.78 is 43.6. The number of aromatic nitrogens is 4. The summed E-state index contributed by atoms with van der Waals surface area (Å²) in [6.45, 7) is 3.29. The molecule has 0 spiro atoms. The molecule has 0 unspecified atom stereocenters. The van der Waals surface area contributed by atoms with Crippen LogP contribution in [-0.2, 0) is 31.1 Å². The minimum absolute atomic E-state index is 0.00144. The largest absolute Gasteiger partial charge is 0.460 e. The Morgan fingerprint density at radius 2 is 1.91 bits per heavy atom. The molecule has 0 atom stereocenters. The van der Waals surface area contributed by atoms with E-state index < -0.39 is 12.8 Å². The van der Waals surface area contributed by atoms with Crippen LogP contribution in [0.15, 0.2) is 0 Å². The maximum atomic E-state index is 12.4. The lowest BCUT2D eigenvalue weighted by Crippen LogP contribution is -2.39. The van der Waals surface area contributed by atoms with Crippen molar-refractivity contribution in [1.29, 1.82) is 0 Å². The molecule has 0 radical (unpaired) electrons. The third kappa shape index (κ3) is 7.63. The summed E-state index contributed by atoms with van der Waals surface area (Å²) in [6, 6.07) is 0.224. The zero-order chi connectivity index (χ0) is 25.0. The lowest BCUT2D eigenvalue weighted by Gasteiger charge is -2.30. The van der Waals surface area contributed by atoms with Gasteiger partial charge in [0.05, 0.1) is 12.1 Å². The van der Waals surface area contributed by atoms with Crippen molar-refractivity contribution in [2.45, 2.75) is 70.5 Å². The number of aryl methyl sites for hydroxylation is 2. The van der Waals surface area contributed by atoms with Crippen molar-refractivity contribution < 1.29 is 22.7 Å². The molecule has 1 aliphatic carbocycles. The number of hydrogen-bond donors (Lipinski definition) is 1. The first-order valence-electron chi connectivity index (χ1n) is 12.2. The minimum Gasteiger partial charge on any atom is -0.460 e. The molecule has 1 fully saturated rings. The Morgan fingerprint density at radius 1 is 1.17 bits per heavy atom. The van der Waals surface area contributed by atoms with Crippen LogP contribution < -0.4 is 10.1 Å². The molecule has 12 heteroatoms. The Morgan fingerprint density at radius 3 is 2.60 bits per heavy atom. The minimum atomic E-state index is -4.35. The molecule has 1 N–H and O–H groups in total. The summed E-state index contributed by atoms with van der Waals surface area (Å²) in [5, 5.41) is 7.47. The van der Waals surface area contributed by atoms with E-state index in [1.807, 2.05) is 6.92 Å². The average Bonchev–Trinajstić information content (AvgIpc) is 3.27. The van der Waals surface area contributed by atoms with Gasteiger partial charge in [0.15, 0.2) is 6.61 Å². The number of carbonyl (C=O) groups is 1.